The highest BCUT2D eigenvalue weighted by molar-refractivity contribution is 5.88. The zero-order chi connectivity index (χ0) is 22.8. The topological polar surface area (TPSA) is 106 Å². The number of aryl methyl sites for hydroxylation is 1. The summed E-state index contributed by atoms with van der Waals surface area (Å²) in [5.41, 5.74) is 2.67. The molecule has 1 N–H and O–H groups in total. The molecule has 0 spiro atoms. The van der Waals surface area contributed by atoms with Crippen molar-refractivity contribution in [3.8, 4) is 11.3 Å². The van der Waals surface area contributed by atoms with Crippen molar-refractivity contribution in [2.24, 2.45) is 5.92 Å². The molecule has 10 heteroatoms. The Balaban J connectivity index is 1.49. The van der Waals surface area contributed by atoms with Crippen molar-refractivity contribution in [3.63, 3.8) is 0 Å². The standard InChI is InChI=1S/C22H24FN7O2/c1-12(2)19-10-32-22(31)30(19)21-27-11-26-20(29-21)28-14(4)17-8-25-18(9-24-17)15-5-6-16(23)13(3)7-15/h5-9,11-12,14,19H,10H2,1-4H3,(H,26,27,28,29)/t14-,19?/m0/s1. The van der Waals surface area contributed by atoms with E-state index >= 15 is 0 Å². The van der Waals surface area contributed by atoms with Crippen LogP contribution in [-0.4, -0.2) is 43.7 Å². The summed E-state index contributed by atoms with van der Waals surface area (Å²) in [6.07, 6.45) is 4.19. The van der Waals surface area contributed by atoms with Crippen LogP contribution in [0.15, 0.2) is 36.9 Å². The van der Waals surface area contributed by atoms with Crippen LogP contribution < -0.4 is 10.2 Å². The second-order valence-corrected chi connectivity index (χ2v) is 8.02. The van der Waals surface area contributed by atoms with Crippen LogP contribution in [0.1, 0.15) is 38.1 Å². The van der Waals surface area contributed by atoms with E-state index in [0.717, 1.165) is 5.56 Å². The summed E-state index contributed by atoms with van der Waals surface area (Å²) >= 11 is 0. The lowest BCUT2D eigenvalue weighted by Gasteiger charge is -2.22. The number of nitrogens with zero attached hydrogens (tertiary/aromatic N) is 6. The molecule has 3 heterocycles. The van der Waals surface area contributed by atoms with Crippen molar-refractivity contribution in [1.82, 2.24) is 24.9 Å². The smallest absolute Gasteiger partial charge is 0.417 e. The Morgan fingerprint density at radius 3 is 2.66 bits per heavy atom. The zero-order valence-electron chi connectivity index (χ0n) is 18.3. The monoisotopic (exact) mass is 437 g/mol. The van der Waals surface area contributed by atoms with E-state index in [2.05, 4.69) is 30.2 Å². The maximum absolute atomic E-state index is 13.5. The lowest BCUT2D eigenvalue weighted by molar-refractivity contribution is 0.177. The summed E-state index contributed by atoms with van der Waals surface area (Å²) in [6, 6.07) is 4.44. The third kappa shape index (κ3) is 4.34. The molecular weight excluding hydrogens is 413 g/mol. The van der Waals surface area contributed by atoms with E-state index in [1.807, 2.05) is 20.8 Å². The largest absolute Gasteiger partial charge is 0.447 e. The minimum absolute atomic E-state index is 0.135. The molecule has 1 fully saturated rings. The first kappa shape index (κ1) is 21.5. The van der Waals surface area contributed by atoms with Gasteiger partial charge in [0.05, 0.1) is 35.9 Å². The summed E-state index contributed by atoms with van der Waals surface area (Å²) in [6.45, 7) is 7.93. The van der Waals surface area contributed by atoms with Gasteiger partial charge in [-0.3, -0.25) is 9.97 Å². The lowest BCUT2D eigenvalue weighted by Crippen LogP contribution is -2.38. The quantitative estimate of drug-likeness (QED) is 0.618. The maximum Gasteiger partial charge on any atom is 0.417 e. The number of cyclic esters (lactones) is 1. The number of amides is 1. The molecule has 4 rings (SSSR count). The number of hydrogen-bond donors (Lipinski definition) is 1. The number of carbonyl (C=O) groups is 1. The molecule has 1 aromatic carbocycles. The highest BCUT2D eigenvalue weighted by atomic mass is 19.1. The van der Waals surface area contributed by atoms with Gasteiger partial charge in [-0.25, -0.2) is 24.1 Å². The second kappa shape index (κ2) is 8.81. The van der Waals surface area contributed by atoms with Crippen molar-refractivity contribution in [3.05, 3.63) is 54.0 Å². The fourth-order valence-electron chi connectivity index (χ4n) is 3.41. The molecule has 3 aromatic rings. The molecule has 1 unspecified atom stereocenters. The van der Waals surface area contributed by atoms with E-state index in [0.29, 0.717) is 29.5 Å². The third-order valence-corrected chi connectivity index (χ3v) is 5.36. The van der Waals surface area contributed by atoms with Gasteiger partial charge in [-0.1, -0.05) is 13.8 Å². The van der Waals surface area contributed by atoms with Crippen LogP contribution in [0.5, 0.6) is 0 Å². The molecule has 2 atom stereocenters. The number of halogens is 1. The van der Waals surface area contributed by atoms with Crippen LogP contribution in [0.4, 0.5) is 21.1 Å². The number of ether oxygens (including phenoxy) is 1. The summed E-state index contributed by atoms with van der Waals surface area (Å²) < 4.78 is 18.7. The molecule has 2 aromatic heterocycles. The zero-order valence-corrected chi connectivity index (χ0v) is 18.3. The number of nitrogens with one attached hydrogen (secondary N) is 1. The molecule has 1 aliphatic heterocycles. The minimum atomic E-state index is -0.466. The summed E-state index contributed by atoms with van der Waals surface area (Å²) in [7, 11) is 0. The first-order chi connectivity index (χ1) is 15.3. The van der Waals surface area contributed by atoms with E-state index in [9.17, 15) is 9.18 Å². The van der Waals surface area contributed by atoms with Crippen LogP contribution in [0.2, 0.25) is 0 Å². The van der Waals surface area contributed by atoms with Crippen LogP contribution in [0.3, 0.4) is 0 Å². The lowest BCUT2D eigenvalue weighted by atomic mass is 10.1. The normalized spacial score (nSPS) is 16.9. The Morgan fingerprint density at radius 2 is 1.97 bits per heavy atom. The summed E-state index contributed by atoms with van der Waals surface area (Å²) in [5.74, 6) is 0.482. The molecule has 9 nitrogen and oxygen atoms in total. The first-order valence-electron chi connectivity index (χ1n) is 10.3. The van der Waals surface area contributed by atoms with E-state index in [-0.39, 0.29) is 29.8 Å². The molecule has 0 saturated carbocycles. The SMILES string of the molecule is Cc1cc(-c2cnc([C@H](C)Nc3ncnc(N4C(=O)OCC4C(C)C)n3)cn2)ccc1F. The molecule has 1 amide bonds. The Hall–Kier alpha value is -3.69. The molecular formula is C22H24FN7O2. The van der Waals surface area contributed by atoms with E-state index in [4.69, 9.17) is 4.74 Å². The maximum atomic E-state index is 13.5. The second-order valence-electron chi connectivity index (χ2n) is 8.02. The molecule has 1 saturated heterocycles. The van der Waals surface area contributed by atoms with Gasteiger partial charge >= 0.3 is 6.09 Å². The van der Waals surface area contributed by atoms with Gasteiger partial charge in [0.1, 0.15) is 18.8 Å². The third-order valence-electron chi connectivity index (χ3n) is 5.36. The summed E-state index contributed by atoms with van der Waals surface area (Å²) in [4.78, 5) is 35.3. The Morgan fingerprint density at radius 1 is 1.16 bits per heavy atom. The Kier molecular flexibility index (Phi) is 5.93. The van der Waals surface area contributed by atoms with Gasteiger partial charge < -0.3 is 10.1 Å². The predicted octanol–water partition coefficient (Wildman–Crippen LogP) is 3.93. The average molecular weight is 437 g/mol. The van der Waals surface area contributed by atoms with Gasteiger partial charge in [0.25, 0.3) is 0 Å². The van der Waals surface area contributed by atoms with Crippen LogP contribution in [-0.2, 0) is 4.74 Å². The van der Waals surface area contributed by atoms with Crippen LogP contribution >= 0.6 is 0 Å². The molecule has 0 bridgehead atoms. The Labute approximate surface area is 185 Å². The molecule has 1 aliphatic rings. The van der Waals surface area contributed by atoms with Crippen molar-refractivity contribution in [2.75, 3.05) is 16.8 Å². The number of carbonyl (C=O) groups excluding carboxylic acids is 1. The van der Waals surface area contributed by atoms with Crippen molar-refractivity contribution in [2.45, 2.75) is 39.8 Å². The number of rotatable bonds is 6. The van der Waals surface area contributed by atoms with Gasteiger partial charge in [0.2, 0.25) is 11.9 Å². The molecule has 0 radical (unpaired) electrons. The number of anilines is 2. The average Bonchev–Trinajstić information content (AvgIpc) is 3.18. The van der Waals surface area contributed by atoms with E-state index in [1.165, 1.54) is 17.3 Å². The number of aromatic nitrogens is 5. The number of hydrogen-bond acceptors (Lipinski definition) is 8. The summed E-state index contributed by atoms with van der Waals surface area (Å²) in [5, 5.41) is 3.16. The first-order valence-corrected chi connectivity index (χ1v) is 10.3. The fraction of sp³-hybridized carbons (Fsp3) is 0.364. The highest BCUT2D eigenvalue weighted by Gasteiger charge is 2.38. The van der Waals surface area contributed by atoms with Gasteiger partial charge in [-0.15, -0.1) is 0 Å². The van der Waals surface area contributed by atoms with Gasteiger partial charge in [-0.05, 0) is 43.5 Å². The number of benzene rings is 1. The predicted molar refractivity (Wildman–Crippen MR) is 116 cm³/mol. The minimum Gasteiger partial charge on any atom is -0.447 e. The fourth-order valence-corrected chi connectivity index (χ4v) is 3.41. The van der Waals surface area contributed by atoms with Crippen molar-refractivity contribution < 1.29 is 13.9 Å². The van der Waals surface area contributed by atoms with Gasteiger partial charge in [-0.2, -0.15) is 4.98 Å². The molecule has 166 valence electrons. The van der Waals surface area contributed by atoms with Crippen molar-refractivity contribution >= 4 is 18.0 Å². The van der Waals surface area contributed by atoms with E-state index in [1.54, 1.807) is 31.5 Å². The van der Waals surface area contributed by atoms with E-state index < -0.39 is 6.09 Å². The van der Waals surface area contributed by atoms with Crippen LogP contribution in [0.25, 0.3) is 11.3 Å². The van der Waals surface area contributed by atoms with Gasteiger partial charge in [0.15, 0.2) is 0 Å². The van der Waals surface area contributed by atoms with Crippen LogP contribution in [0, 0.1) is 18.7 Å². The molecule has 32 heavy (non-hydrogen) atoms. The Bertz CT molecular complexity index is 1120. The van der Waals surface area contributed by atoms with Crippen molar-refractivity contribution in [1.29, 1.82) is 0 Å². The highest BCUT2D eigenvalue weighted by Crippen LogP contribution is 2.25. The van der Waals surface area contributed by atoms with Gasteiger partial charge in [0, 0.05) is 5.56 Å². The molecule has 0 aliphatic carbocycles.